The van der Waals surface area contributed by atoms with Crippen molar-refractivity contribution in [2.24, 2.45) is 4.99 Å². The van der Waals surface area contributed by atoms with Crippen LogP contribution in [0.2, 0.25) is 10.0 Å². The molecule has 1 fully saturated rings. The first-order chi connectivity index (χ1) is 14.9. The van der Waals surface area contributed by atoms with Crippen LogP contribution in [0.15, 0.2) is 35.3 Å². The third-order valence-corrected chi connectivity index (χ3v) is 5.97. The van der Waals surface area contributed by atoms with Gasteiger partial charge in [-0.15, -0.1) is 0 Å². The number of likely N-dealkylation sites (N-methyl/N-ethyl adjacent to an activating group) is 1. The third-order valence-electron chi connectivity index (χ3n) is 5.23. The second-order valence-corrected chi connectivity index (χ2v) is 8.38. The highest BCUT2D eigenvalue weighted by atomic mass is 35.5. The first kappa shape index (κ1) is 23.1. The number of aromatic nitrogens is 1. The fourth-order valence-electron chi connectivity index (χ4n) is 3.62. The molecule has 0 radical (unpaired) electrons. The molecule has 1 saturated heterocycles. The Morgan fingerprint density at radius 1 is 1.32 bits per heavy atom. The molecule has 9 heteroatoms. The number of hydrogen-bond donors (Lipinski definition) is 2. The summed E-state index contributed by atoms with van der Waals surface area (Å²) >= 11 is 12.1. The molecule has 2 heterocycles. The Morgan fingerprint density at radius 2 is 2.13 bits per heavy atom. The Morgan fingerprint density at radius 3 is 2.84 bits per heavy atom. The molecule has 2 N–H and O–H groups in total. The molecular weight excluding hydrogens is 433 g/mol. The molecule has 1 aliphatic heterocycles. The molecular formula is C22H27Cl2N7. The predicted molar refractivity (Wildman–Crippen MR) is 128 cm³/mol. The van der Waals surface area contributed by atoms with Gasteiger partial charge in [0.15, 0.2) is 6.19 Å². The van der Waals surface area contributed by atoms with Crippen LogP contribution in [0.3, 0.4) is 0 Å². The quantitative estimate of drug-likeness (QED) is 0.289. The van der Waals surface area contributed by atoms with E-state index < -0.39 is 0 Å². The molecule has 1 aromatic heterocycles. The van der Waals surface area contributed by atoms with E-state index in [1.165, 1.54) is 6.42 Å². The standard InChI is InChI=1S/C22H27Cl2N7/c1-4-31-9-5-6-17(13-31)28-18-10-15(2)27-21(12-18)30(3)22(26-14-25)29-16-7-8-19(23)20(24)11-16/h7-8,10-12,17H,4-6,9,13H2,1-3H3,(H,26,29)(H,27,28). The average molecular weight is 460 g/mol. The van der Waals surface area contributed by atoms with Gasteiger partial charge >= 0.3 is 0 Å². The summed E-state index contributed by atoms with van der Waals surface area (Å²) in [5, 5.41) is 16.4. The fourth-order valence-corrected chi connectivity index (χ4v) is 3.92. The SMILES string of the molecule is CCN1CCCC(Nc2cc(C)nc(N(C)C(=Nc3ccc(Cl)c(Cl)c3)NC#N)c2)C1. The number of hydrogen-bond acceptors (Lipinski definition) is 5. The number of halogens is 2. The Kier molecular flexibility index (Phi) is 7.97. The second kappa shape index (κ2) is 10.7. The van der Waals surface area contributed by atoms with Crippen LogP contribution in [0.4, 0.5) is 17.2 Å². The number of aliphatic imine (C=N–C) groups is 1. The number of piperidine rings is 1. The van der Waals surface area contributed by atoms with Gasteiger partial charge in [-0.05, 0) is 57.1 Å². The maximum absolute atomic E-state index is 9.23. The lowest BCUT2D eigenvalue weighted by Gasteiger charge is -2.33. The van der Waals surface area contributed by atoms with E-state index in [1.54, 1.807) is 23.1 Å². The van der Waals surface area contributed by atoms with Crippen LogP contribution < -0.4 is 15.5 Å². The smallest absolute Gasteiger partial charge is 0.218 e. The van der Waals surface area contributed by atoms with Crippen molar-refractivity contribution in [2.75, 3.05) is 36.9 Å². The van der Waals surface area contributed by atoms with Gasteiger partial charge in [0.1, 0.15) is 5.82 Å². The minimum Gasteiger partial charge on any atom is -0.381 e. The van der Waals surface area contributed by atoms with Crippen LogP contribution in [-0.4, -0.2) is 48.6 Å². The molecule has 0 spiro atoms. The summed E-state index contributed by atoms with van der Waals surface area (Å²) in [6.07, 6.45) is 4.27. The van der Waals surface area contributed by atoms with Crippen molar-refractivity contribution in [1.82, 2.24) is 15.2 Å². The molecule has 1 unspecified atom stereocenters. The van der Waals surface area contributed by atoms with Crippen LogP contribution in [0, 0.1) is 18.4 Å². The largest absolute Gasteiger partial charge is 0.381 e. The number of anilines is 2. The number of nitrogens with one attached hydrogen (secondary N) is 2. The van der Waals surface area contributed by atoms with Gasteiger partial charge in [-0.3, -0.25) is 10.2 Å². The first-order valence-electron chi connectivity index (χ1n) is 10.3. The lowest BCUT2D eigenvalue weighted by atomic mass is 10.1. The lowest BCUT2D eigenvalue weighted by Crippen LogP contribution is -2.42. The summed E-state index contributed by atoms with van der Waals surface area (Å²) in [4.78, 5) is 13.4. The van der Waals surface area contributed by atoms with Gasteiger partial charge in [-0.1, -0.05) is 30.1 Å². The van der Waals surface area contributed by atoms with Gasteiger partial charge in [0.05, 0.1) is 15.7 Å². The van der Waals surface area contributed by atoms with Crippen molar-refractivity contribution in [3.05, 3.63) is 46.1 Å². The Balaban J connectivity index is 1.84. The number of nitriles is 1. The number of rotatable bonds is 5. The van der Waals surface area contributed by atoms with E-state index in [0.29, 0.717) is 33.6 Å². The highest BCUT2D eigenvalue weighted by molar-refractivity contribution is 6.42. The summed E-state index contributed by atoms with van der Waals surface area (Å²) in [5.74, 6) is 1.01. The van der Waals surface area contributed by atoms with Gasteiger partial charge in [-0.2, -0.15) is 5.26 Å². The fraction of sp³-hybridized carbons (Fsp3) is 0.409. The maximum atomic E-state index is 9.23. The molecule has 1 atom stereocenters. The summed E-state index contributed by atoms with van der Waals surface area (Å²) < 4.78 is 0. The number of nitrogens with zero attached hydrogens (tertiary/aromatic N) is 5. The predicted octanol–water partition coefficient (Wildman–Crippen LogP) is 4.79. The molecule has 7 nitrogen and oxygen atoms in total. The van der Waals surface area contributed by atoms with Crippen LogP contribution >= 0.6 is 23.2 Å². The summed E-state index contributed by atoms with van der Waals surface area (Å²) in [5.41, 5.74) is 2.45. The number of guanidine groups is 1. The Labute approximate surface area is 193 Å². The van der Waals surface area contributed by atoms with E-state index in [2.05, 4.69) is 32.4 Å². The number of benzene rings is 1. The van der Waals surface area contributed by atoms with Gasteiger partial charge in [0, 0.05) is 37.1 Å². The average Bonchev–Trinajstić information content (AvgIpc) is 2.75. The normalized spacial score (nSPS) is 17.2. The number of likely N-dealkylation sites (tertiary alicyclic amines) is 1. The molecule has 0 bridgehead atoms. The molecule has 31 heavy (non-hydrogen) atoms. The zero-order chi connectivity index (χ0) is 22.4. The van der Waals surface area contributed by atoms with E-state index in [9.17, 15) is 5.26 Å². The molecule has 1 aromatic carbocycles. The molecule has 0 aliphatic carbocycles. The Bertz CT molecular complexity index is 986. The van der Waals surface area contributed by atoms with Crippen LogP contribution in [-0.2, 0) is 0 Å². The number of aryl methyl sites for hydroxylation is 1. The minimum atomic E-state index is 0.333. The van der Waals surface area contributed by atoms with Gasteiger partial charge in [0.2, 0.25) is 5.96 Å². The maximum Gasteiger partial charge on any atom is 0.218 e. The summed E-state index contributed by atoms with van der Waals surface area (Å²) in [6, 6.07) is 9.46. The minimum absolute atomic E-state index is 0.333. The zero-order valence-electron chi connectivity index (χ0n) is 18.0. The summed E-state index contributed by atoms with van der Waals surface area (Å²) in [6.45, 7) is 7.41. The van der Waals surface area contributed by atoms with E-state index in [4.69, 9.17) is 23.2 Å². The molecule has 1 aliphatic rings. The van der Waals surface area contributed by atoms with Gasteiger partial charge in [-0.25, -0.2) is 9.98 Å². The molecule has 2 aromatic rings. The van der Waals surface area contributed by atoms with E-state index >= 15 is 0 Å². The molecule has 164 valence electrons. The molecule has 0 amide bonds. The van der Waals surface area contributed by atoms with Crippen molar-refractivity contribution in [3.63, 3.8) is 0 Å². The van der Waals surface area contributed by atoms with Crippen LogP contribution in [0.5, 0.6) is 0 Å². The van der Waals surface area contributed by atoms with Crippen molar-refractivity contribution in [2.45, 2.75) is 32.7 Å². The second-order valence-electron chi connectivity index (χ2n) is 7.56. The third kappa shape index (κ3) is 6.23. The van der Waals surface area contributed by atoms with E-state index in [-0.39, 0.29) is 0 Å². The monoisotopic (exact) mass is 459 g/mol. The van der Waals surface area contributed by atoms with Crippen molar-refractivity contribution < 1.29 is 0 Å². The first-order valence-corrected chi connectivity index (χ1v) is 11.1. The van der Waals surface area contributed by atoms with Gasteiger partial charge in [0.25, 0.3) is 0 Å². The van der Waals surface area contributed by atoms with E-state index in [0.717, 1.165) is 37.4 Å². The van der Waals surface area contributed by atoms with Crippen molar-refractivity contribution >= 4 is 46.4 Å². The van der Waals surface area contributed by atoms with E-state index in [1.807, 2.05) is 32.3 Å². The van der Waals surface area contributed by atoms with Crippen molar-refractivity contribution in [3.8, 4) is 6.19 Å². The topological polar surface area (TPSA) is 79.6 Å². The van der Waals surface area contributed by atoms with Crippen LogP contribution in [0.1, 0.15) is 25.5 Å². The van der Waals surface area contributed by atoms with Crippen LogP contribution in [0.25, 0.3) is 0 Å². The molecule has 0 saturated carbocycles. The highest BCUT2D eigenvalue weighted by Crippen LogP contribution is 2.27. The number of pyridine rings is 1. The zero-order valence-corrected chi connectivity index (χ0v) is 19.5. The summed E-state index contributed by atoms with van der Waals surface area (Å²) in [7, 11) is 1.81. The Hall–Kier alpha value is -2.53. The lowest BCUT2D eigenvalue weighted by molar-refractivity contribution is 0.227. The molecule has 3 rings (SSSR count). The van der Waals surface area contributed by atoms with Gasteiger partial charge < -0.3 is 10.2 Å². The highest BCUT2D eigenvalue weighted by Gasteiger charge is 2.19. The van der Waals surface area contributed by atoms with Crippen molar-refractivity contribution in [1.29, 1.82) is 5.26 Å².